The molecule has 7 nitrogen and oxygen atoms in total. The van der Waals surface area contributed by atoms with Crippen LogP contribution in [0.4, 0.5) is 0 Å². The summed E-state index contributed by atoms with van der Waals surface area (Å²) >= 11 is 0. The van der Waals surface area contributed by atoms with Crippen LogP contribution in [0.15, 0.2) is 36.8 Å². The molecular formula is C23H19N3O4. The molecule has 0 fully saturated rings. The maximum atomic E-state index is 5.84. The molecule has 150 valence electrons. The second-order valence-electron chi connectivity index (χ2n) is 7.38. The molecule has 0 bridgehead atoms. The maximum Gasteiger partial charge on any atom is 0.231 e. The van der Waals surface area contributed by atoms with Crippen molar-refractivity contribution in [2.75, 3.05) is 21.0 Å². The predicted octanol–water partition coefficient (Wildman–Crippen LogP) is 3.87. The van der Waals surface area contributed by atoms with E-state index in [1.165, 1.54) is 11.1 Å². The smallest absolute Gasteiger partial charge is 0.231 e. The van der Waals surface area contributed by atoms with Gasteiger partial charge in [0.1, 0.15) is 5.82 Å². The lowest BCUT2D eigenvalue weighted by molar-refractivity contribution is 0.173. The fraction of sp³-hybridized carbons (Fsp3) is 0.217. The van der Waals surface area contributed by atoms with Crippen molar-refractivity contribution in [3.8, 4) is 34.3 Å². The van der Waals surface area contributed by atoms with Crippen LogP contribution in [0.3, 0.4) is 0 Å². The summed E-state index contributed by atoms with van der Waals surface area (Å²) in [6.07, 6.45) is 6.89. The Balaban J connectivity index is 1.56. The van der Waals surface area contributed by atoms with Crippen molar-refractivity contribution < 1.29 is 18.9 Å². The van der Waals surface area contributed by atoms with Crippen molar-refractivity contribution >= 4 is 10.8 Å². The molecule has 0 radical (unpaired) electrons. The van der Waals surface area contributed by atoms with Gasteiger partial charge in [0.2, 0.25) is 6.79 Å². The highest BCUT2D eigenvalue weighted by Gasteiger charge is 2.31. The number of hydrogen-bond acceptors (Lipinski definition) is 6. The monoisotopic (exact) mass is 401 g/mol. The van der Waals surface area contributed by atoms with E-state index in [2.05, 4.69) is 16.0 Å². The highest BCUT2D eigenvalue weighted by atomic mass is 16.7. The van der Waals surface area contributed by atoms with Gasteiger partial charge >= 0.3 is 0 Å². The first-order valence-electron chi connectivity index (χ1n) is 9.73. The van der Waals surface area contributed by atoms with E-state index in [9.17, 15) is 0 Å². The van der Waals surface area contributed by atoms with Crippen LogP contribution in [-0.4, -0.2) is 36.0 Å². The summed E-state index contributed by atoms with van der Waals surface area (Å²) in [6.45, 7) is 0.235. The Kier molecular flexibility index (Phi) is 3.65. The minimum Gasteiger partial charge on any atom is -0.493 e. The zero-order valence-corrected chi connectivity index (χ0v) is 16.6. The molecule has 2 aromatic heterocycles. The second-order valence-corrected chi connectivity index (χ2v) is 7.38. The van der Waals surface area contributed by atoms with E-state index in [1.54, 1.807) is 20.4 Å². The van der Waals surface area contributed by atoms with E-state index >= 15 is 0 Å². The third kappa shape index (κ3) is 2.38. The van der Waals surface area contributed by atoms with Crippen LogP contribution in [0.1, 0.15) is 22.5 Å². The summed E-state index contributed by atoms with van der Waals surface area (Å²) in [7, 11) is 3.29. The molecule has 6 rings (SSSR count). The first-order valence-corrected chi connectivity index (χ1v) is 9.73. The van der Waals surface area contributed by atoms with Crippen molar-refractivity contribution in [2.24, 2.45) is 0 Å². The zero-order chi connectivity index (χ0) is 20.2. The van der Waals surface area contributed by atoms with E-state index in [0.717, 1.165) is 51.3 Å². The summed E-state index contributed by atoms with van der Waals surface area (Å²) < 4.78 is 22.6. The molecular weight excluding hydrogens is 382 g/mol. The molecule has 0 spiro atoms. The van der Waals surface area contributed by atoms with Gasteiger partial charge in [0.15, 0.2) is 23.0 Å². The standard InChI is InChI=1S/C23H19N3O4/c1-27-18-5-12-10-26-22-15(13(12)7-19(18)28-2)6-14-16(22)8-20-23(30-11-29-20)17(14)9-21-24-3-4-25-21/h3-5,7-8,10H,6,9,11H2,1-2H3,(H,24,25). The van der Waals surface area contributed by atoms with Gasteiger partial charge in [0.25, 0.3) is 0 Å². The van der Waals surface area contributed by atoms with Crippen molar-refractivity contribution in [1.29, 1.82) is 0 Å². The lowest BCUT2D eigenvalue weighted by Gasteiger charge is -2.11. The molecule has 1 aliphatic heterocycles. The molecule has 3 heterocycles. The summed E-state index contributed by atoms with van der Waals surface area (Å²) in [5, 5.41) is 2.13. The molecule has 2 aromatic carbocycles. The molecule has 7 heteroatoms. The third-order valence-corrected chi connectivity index (χ3v) is 5.89. The molecule has 30 heavy (non-hydrogen) atoms. The fourth-order valence-electron chi connectivity index (χ4n) is 4.50. The molecule has 1 N–H and O–H groups in total. The summed E-state index contributed by atoms with van der Waals surface area (Å²) in [5.41, 5.74) is 5.55. The number of ether oxygens (including phenoxy) is 4. The number of aromatic amines is 1. The van der Waals surface area contributed by atoms with Crippen molar-refractivity contribution in [3.05, 3.63) is 59.3 Å². The van der Waals surface area contributed by atoms with Crippen LogP contribution in [0, 0.1) is 0 Å². The molecule has 0 saturated heterocycles. The number of rotatable bonds is 4. The molecule has 0 unspecified atom stereocenters. The average Bonchev–Trinajstić information content (AvgIpc) is 3.52. The van der Waals surface area contributed by atoms with E-state index in [-0.39, 0.29) is 6.79 Å². The van der Waals surface area contributed by atoms with Crippen molar-refractivity contribution in [2.45, 2.75) is 12.8 Å². The molecule has 0 amide bonds. The van der Waals surface area contributed by atoms with E-state index in [4.69, 9.17) is 23.9 Å². The normalized spacial score (nSPS) is 13.4. The summed E-state index contributed by atoms with van der Waals surface area (Å²) in [4.78, 5) is 12.4. The highest BCUT2D eigenvalue weighted by Crippen LogP contribution is 2.49. The Hall–Kier alpha value is -3.74. The van der Waals surface area contributed by atoms with Gasteiger partial charge in [-0.1, -0.05) is 0 Å². The fourth-order valence-corrected chi connectivity index (χ4v) is 4.50. The molecule has 0 saturated carbocycles. The quantitative estimate of drug-likeness (QED) is 0.493. The van der Waals surface area contributed by atoms with Crippen LogP contribution in [0.25, 0.3) is 22.0 Å². The number of nitrogens with one attached hydrogen (secondary N) is 1. The van der Waals surface area contributed by atoms with Gasteiger partial charge in [-0.05, 0) is 34.7 Å². The van der Waals surface area contributed by atoms with Gasteiger partial charge < -0.3 is 23.9 Å². The van der Waals surface area contributed by atoms with Crippen LogP contribution in [0.5, 0.6) is 23.0 Å². The lowest BCUT2D eigenvalue weighted by Crippen LogP contribution is -2.00. The second kappa shape index (κ2) is 6.38. The Morgan fingerprint density at radius 3 is 2.70 bits per heavy atom. The first-order chi connectivity index (χ1) is 14.8. The van der Waals surface area contributed by atoms with E-state index in [1.807, 2.05) is 24.5 Å². The van der Waals surface area contributed by atoms with Crippen LogP contribution >= 0.6 is 0 Å². The molecule has 4 aromatic rings. The van der Waals surface area contributed by atoms with Crippen molar-refractivity contribution in [3.63, 3.8) is 0 Å². The van der Waals surface area contributed by atoms with Crippen LogP contribution in [0.2, 0.25) is 0 Å². The largest absolute Gasteiger partial charge is 0.493 e. The summed E-state index contributed by atoms with van der Waals surface area (Å²) in [5.74, 6) is 3.86. The summed E-state index contributed by atoms with van der Waals surface area (Å²) in [6, 6.07) is 6.06. The third-order valence-electron chi connectivity index (χ3n) is 5.89. The predicted molar refractivity (Wildman–Crippen MR) is 111 cm³/mol. The highest BCUT2D eigenvalue weighted by molar-refractivity contribution is 5.95. The average molecular weight is 401 g/mol. The number of hydrogen-bond donors (Lipinski definition) is 1. The Morgan fingerprint density at radius 1 is 1.03 bits per heavy atom. The Labute approximate surface area is 172 Å². The van der Waals surface area contributed by atoms with Gasteiger partial charge in [-0.25, -0.2) is 4.98 Å². The number of fused-ring (bicyclic) bond motifs is 6. The number of methoxy groups -OCH3 is 2. The topological polar surface area (TPSA) is 78.5 Å². The van der Waals surface area contributed by atoms with E-state index in [0.29, 0.717) is 17.9 Å². The number of benzene rings is 2. The van der Waals surface area contributed by atoms with Crippen LogP contribution < -0.4 is 18.9 Å². The number of nitrogens with zero attached hydrogens (tertiary/aromatic N) is 2. The SMILES string of the molecule is COc1cc2cnc3c(c2cc1OC)Cc1c-3cc2c(c1Cc1ncc[nH]1)OCO2. The van der Waals surface area contributed by atoms with Gasteiger partial charge in [-0.2, -0.15) is 0 Å². The zero-order valence-electron chi connectivity index (χ0n) is 16.6. The Morgan fingerprint density at radius 2 is 1.90 bits per heavy atom. The minimum atomic E-state index is 0.235. The molecule has 2 aliphatic rings. The van der Waals surface area contributed by atoms with Gasteiger partial charge in [-0.3, -0.25) is 4.98 Å². The molecule has 1 aliphatic carbocycles. The van der Waals surface area contributed by atoms with Gasteiger partial charge in [0, 0.05) is 47.9 Å². The Bertz CT molecular complexity index is 1300. The van der Waals surface area contributed by atoms with Crippen LogP contribution in [-0.2, 0) is 12.8 Å². The molecule has 0 atom stereocenters. The maximum absolute atomic E-state index is 5.84. The number of pyridine rings is 1. The number of H-pyrrole nitrogens is 1. The lowest BCUT2D eigenvalue weighted by atomic mass is 9.97. The first kappa shape index (κ1) is 17.1. The minimum absolute atomic E-state index is 0.235. The van der Waals surface area contributed by atoms with Gasteiger partial charge in [-0.15, -0.1) is 0 Å². The number of aromatic nitrogens is 3. The van der Waals surface area contributed by atoms with E-state index < -0.39 is 0 Å². The van der Waals surface area contributed by atoms with Crippen molar-refractivity contribution in [1.82, 2.24) is 15.0 Å². The number of imidazole rings is 1. The van der Waals surface area contributed by atoms with Gasteiger partial charge in [0.05, 0.1) is 19.9 Å².